The van der Waals surface area contributed by atoms with Crippen LogP contribution in [0.3, 0.4) is 0 Å². The molecule has 0 saturated carbocycles. The largest absolute Gasteiger partial charge is 0.463 e. The summed E-state index contributed by atoms with van der Waals surface area (Å²) in [6.45, 7) is 3.74. The first-order chi connectivity index (χ1) is 9.69. The second-order valence-corrected chi connectivity index (χ2v) is 4.70. The third kappa shape index (κ3) is 3.95. The molecular formula is C16H19NO3. The monoisotopic (exact) mass is 273 g/mol. The average Bonchev–Trinajstić information content (AvgIpc) is 2.47. The molecule has 1 saturated heterocycles. The van der Waals surface area contributed by atoms with Crippen LogP contribution in [-0.2, 0) is 14.3 Å². The molecule has 20 heavy (non-hydrogen) atoms. The summed E-state index contributed by atoms with van der Waals surface area (Å²) >= 11 is 0. The summed E-state index contributed by atoms with van der Waals surface area (Å²) in [6, 6.07) is 7.95. The predicted octanol–water partition coefficient (Wildman–Crippen LogP) is 2.43. The van der Waals surface area contributed by atoms with Gasteiger partial charge in [0.25, 0.3) is 0 Å². The van der Waals surface area contributed by atoms with Gasteiger partial charge in [-0.25, -0.2) is 4.79 Å². The van der Waals surface area contributed by atoms with Gasteiger partial charge >= 0.3 is 5.97 Å². The van der Waals surface area contributed by atoms with Crippen LogP contribution in [-0.4, -0.2) is 31.4 Å². The molecule has 0 spiro atoms. The minimum absolute atomic E-state index is 0.328. The molecule has 2 rings (SSSR count). The first kappa shape index (κ1) is 14.3. The van der Waals surface area contributed by atoms with Gasteiger partial charge in [-0.15, -0.1) is 0 Å². The Balaban J connectivity index is 1.96. The highest BCUT2D eigenvalue weighted by Gasteiger charge is 2.15. The number of hydrogen-bond donors (Lipinski definition) is 0. The van der Waals surface area contributed by atoms with Crippen molar-refractivity contribution in [3.63, 3.8) is 0 Å². The van der Waals surface area contributed by atoms with Gasteiger partial charge in [-0.2, -0.15) is 0 Å². The number of anilines is 1. The fourth-order valence-electron chi connectivity index (χ4n) is 2.17. The van der Waals surface area contributed by atoms with Crippen molar-refractivity contribution in [1.82, 2.24) is 0 Å². The number of nitrogens with zero attached hydrogens (tertiary/aromatic N) is 1. The van der Waals surface area contributed by atoms with Crippen LogP contribution in [0.25, 0.3) is 6.08 Å². The minimum atomic E-state index is -0.328. The maximum atomic E-state index is 11.2. The van der Waals surface area contributed by atoms with E-state index in [-0.39, 0.29) is 5.97 Å². The second-order valence-electron chi connectivity index (χ2n) is 4.70. The molecule has 106 valence electrons. The Labute approximate surface area is 119 Å². The molecule has 0 aromatic heterocycles. The Morgan fingerprint density at radius 1 is 1.25 bits per heavy atom. The molecule has 0 N–H and O–H groups in total. The van der Waals surface area contributed by atoms with Gasteiger partial charge in [0.2, 0.25) is 0 Å². The van der Waals surface area contributed by atoms with Crippen molar-refractivity contribution in [3.05, 3.63) is 35.9 Å². The number of piperidine rings is 1. The first-order valence-corrected chi connectivity index (χ1v) is 6.90. The van der Waals surface area contributed by atoms with Gasteiger partial charge in [0.15, 0.2) is 0 Å². The molecule has 0 unspecified atom stereocenters. The van der Waals surface area contributed by atoms with E-state index in [0.29, 0.717) is 25.2 Å². The normalized spacial score (nSPS) is 15.7. The number of esters is 1. The lowest BCUT2D eigenvalue weighted by Gasteiger charge is -2.28. The lowest BCUT2D eigenvalue weighted by Crippen LogP contribution is -2.33. The van der Waals surface area contributed by atoms with Gasteiger partial charge in [-0.05, 0) is 30.7 Å². The average molecular weight is 273 g/mol. The Morgan fingerprint density at radius 3 is 2.50 bits per heavy atom. The molecule has 4 heteroatoms. The summed E-state index contributed by atoms with van der Waals surface area (Å²) in [5.74, 6) is 0.0151. The van der Waals surface area contributed by atoms with Crippen molar-refractivity contribution in [1.29, 1.82) is 0 Å². The molecule has 0 atom stereocenters. The Hall–Kier alpha value is -2.10. The molecule has 1 aromatic carbocycles. The van der Waals surface area contributed by atoms with E-state index in [1.165, 1.54) is 6.08 Å². The van der Waals surface area contributed by atoms with Crippen LogP contribution in [0.2, 0.25) is 0 Å². The summed E-state index contributed by atoms with van der Waals surface area (Å²) in [7, 11) is 0. The summed E-state index contributed by atoms with van der Waals surface area (Å²) < 4.78 is 4.83. The molecule has 1 fully saturated rings. The van der Waals surface area contributed by atoms with Crippen LogP contribution in [0.15, 0.2) is 30.3 Å². The summed E-state index contributed by atoms with van der Waals surface area (Å²) in [5.41, 5.74) is 2.07. The quantitative estimate of drug-likeness (QED) is 0.624. The van der Waals surface area contributed by atoms with Crippen molar-refractivity contribution in [2.24, 2.45) is 0 Å². The second kappa shape index (κ2) is 6.89. The molecule has 4 nitrogen and oxygen atoms in total. The summed E-state index contributed by atoms with van der Waals surface area (Å²) in [4.78, 5) is 24.6. The molecule has 1 aromatic rings. The number of ketones is 1. The number of rotatable bonds is 4. The fourth-order valence-corrected chi connectivity index (χ4v) is 2.17. The SMILES string of the molecule is CCOC(=O)/C=C/c1ccc(N2CCC(=O)CC2)cc1. The lowest BCUT2D eigenvalue weighted by molar-refractivity contribution is -0.137. The molecule has 1 aliphatic rings. The molecule has 1 heterocycles. The van der Waals surface area contributed by atoms with Crippen LogP contribution in [0.4, 0.5) is 5.69 Å². The van der Waals surface area contributed by atoms with Gasteiger partial charge in [0, 0.05) is 37.7 Å². The van der Waals surface area contributed by atoms with E-state index in [0.717, 1.165) is 24.3 Å². The maximum Gasteiger partial charge on any atom is 0.330 e. The number of carbonyl (C=O) groups excluding carboxylic acids is 2. The van der Waals surface area contributed by atoms with Crippen LogP contribution in [0, 0.1) is 0 Å². The van der Waals surface area contributed by atoms with Gasteiger partial charge < -0.3 is 9.64 Å². The number of benzene rings is 1. The zero-order chi connectivity index (χ0) is 14.4. The molecule has 0 amide bonds. The van der Waals surface area contributed by atoms with Crippen molar-refractivity contribution >= 4 is 23.5 Å². The predicted molar refractivity (Wildman–Crippen MR) is 78.6 cm³/mol. The Bertz CT molecular complexity index is 495. The van der Waals surface area contributed by atoms with Crippen LogP contribution in [0.5, 0.6) is 0 Å². The van der Waals surface area contributed by atoms with E-state index in [9.17, 15) is 9.59 Å². The van der Waals surface area contributed by atoms with Gasteiger partial charge in [0.1, 0.15) is 5.78 Å². The topological polar surface area (TPSA) is 46.6 Å². The van der Waals surface area contributed by atoms with Gasteiger partial charge in [-0.1, -0.05) is 12.1 Å². The van der Waals surface area contributed by atoms with Crippen molar-refractivity contribution in [2.45, 2.75) is 19.8 Å². The Kier molecular flexibility index (Phi) is 4.93. The lowest BCUT2D eigenvalue weighted by atomic mass is 10.1. The van der Waals surface area contributed by atoms with Crippen molar-refractivity contribution in [2.75, 3.05) is 24.6 Å². The van der Waals surface area contributed by atoms with Gasteiger partial charge in [-0.3, -0.25) is 4.79 Å². The summed E-state index contributed by atoms with van der Waals surface area (Å²) in [5, 5.41) is 0. The number of ether oxygens (including phenoxy) is 1. The van der Waals surface area contributed by atoms with Crippen molar-refractivity contribution < 1.29 is 14.3 Å². The van der Waals surface area contributed by atoms with Crippen molar-refractivity contribution in [3.8, 4) is 0 Å². The number of hydrogen-bond acceptors (Lipinski definition) is 4. The zero-order valence-corrected chi connectivity index (χ0v) is 11.7. The maximum absolute atomic E-state index is 11.2. The molecule has 1 aliphatic heterocycles. The van der Waals surface area contributed by atoms with E-state index < -0.39 is 0 Å². The smallest absolute Gasteiger partial charge is 0.330 e. The van der Waals surface area contributed by atoms with E-state index in [2.05, 4.69) is 4.90 Å². The standard InChI is InChI=1S/C16H19NO3/c1-2-20-16(19)8-5-13-3-6-14(7-4-13)17-11-9-15(18)10-12-17/h3-8H,2,9-12H2,1H3/b8-5+. The zero-order valence-electron chi connectivity index (χ0n) is 11.7. The van der Waals surface area contributed by atoms with E-state index in [1.807, 2.05) is 24.3 Å². The van der Waals surface area contributed by atoms with Gasteiger partial charge in [0.05, 0.1) is 6.61 Å². The van der Waals surface area contributed by atoms with E-state index in [1.54, 1.807) is 13.0 Å². The highest BCUT2D eigenvalue weighted by molar-refractivity contribution is 5.87. The van der Waals surface area contributed by atoms with Crippen LogP contribution in [0.1, 0.15) is 25.3 Å². The third-order valence-corrected chi connectivity index (χ3v) is 3.28. The fraction of sp³-hybridized carbons (Fsp3) is 0.375. The highest BCUT2D eigenvalue weighted by Crippen LogP contribution is 2.19. The van der Waals surface area contributed by atoms with E-state index in [4.69, 9.17) is 4.74 Å². The van der Waals surface area contributed by atoms with Crippen LogP contribution >= 0.6 is 0 Å². The number of carbonyl (C=O) groups is 2. The highest BCUT2D eigenvalue weighted by atomic mass is 16.5. The minimum Gasteiger partial charge on any atom is -0.463 e. The molecule has 0 bridgehead atoms. The van der Waals surface area contributed by atoms with E-state index >= 15 is 0 Å². The first-order valence-electron chi connectivity index (χ1n) is 6.90. The summed E-state index contributed by atoms with van der Waals surface area (Å²) in [6.07, 6.45) is 4.43. The Morgan fingerprint density at radius 2 is 1.90 bits per heavy atom. The third-order valence-electron chi connectivity index (χ3n) is 3.28. The number of Topliss-reactive ketones (excluding diaryl/α,β-unsaturated/α-hetero) is 1. The molecular weight excluding hydrogens is 254 g/mol. The molecule has 0 radical (unpaired) electrons. The molecule has 0 aliphatic carbocycles. The van der Waals surface area contributed by atoms with Crippen LogP contribution < -0.4 is 4.90 Å².